The molecule has 0 radical (unpaired) electrons. The Balaban J connectivity index is 1.74. The number of esters is 1. The van der Waals surface area contributed by atoms with Crippen molar-refractivity contribution in [2.45, 2.75) is 26.9 Å². The van der Waals surface area contributed by atoms with Crippen LogP contribution in [0.5, 0.6) is 0 Å². The largest absolute Gasteiger partial charge is 0.448 e. The van der Waals surface area contributed by atoms with Gasteiger partial charge in [0.1, 0.15) is 5.69 Å². The predicted octanol–water partition coefficient (Wildman–Crippen LogP) is 3.33. The van der Waals surface area contributed by atoms with Crippen LogP contribution in [0.3, 0.4) is 0 Å². The number of aromatic amines is 1. The molecule has 138 valence electrons. The second kappa shape index (κ2) is 7.45. The molecule has 0 fully saturated rings. The molecule has 0 aliphatic carbocycles. The Bertz CT molecular complexity index is 1080. The number of hydrogen-bond acceptors (Lipinski definition) is 4. The fourth-order valence-corrected chi connectivity index (χ4v) is 2.70. The number of pyridine rings is 1. The molecular weight excluding hydrogens is 344 g/mol. The SMILES string of the molecule is Cc1ccc(C)c(NC(=O)[C@H](C)OC(=O)c2cc3ccccc3c(=O)[nH]2)c1. The number of H-pyrrole nitrogens is 1. The summed E-state index contributed by atoms with van der Waals surface area (Å²) < 4.78 is 5.22. The summed E-state index contributed by atoms with van der Waals surface area (Å²) >= 11 is 0. The van der Waals surface area contributed by atoms with Gasteiger partial charge in [0.05, 0.1) is 0 Å². The van der Waals surface area contributed by atoms with Crippen molar-refractivity contribution < 1.29 is 14.3 Å². The molecule has 2 aromatic carbocycles. The summed E-state index contributed by atoms with van der Waals surface area (Å²) in [6.45, 7) is 5.29. The average Bonchev–Trinajstić information content (AvgIpc) is 2.64. The number of aryl methyl sites for hydroxylation is 2. The van der Waals surface area contributed by atoms with E-state index in [4.69, 9.17) is 4.74 Å². The van der Waals surface area contributed by atoms with Crippen LogP contribution >= 0.6 is 0 Å². The van der Waals surface area contributed by atoms with Gasteiger partial charge in [0, 0.05) is 11.1 Å². The van der Waals surface area contributed by atoms with Crippen LogP contribution in [0.1, 0.15) is 28.5 Å². The number of hydrogen-bond donors (Lipinski definition) is 2. The lowest BCUT2D eigenvalue weighted by Crippen LogP contribution is -2.31. The Morgan fingerprint density at radius 1 is 1.07 bits per heavy atom. The quantitative estimate of drug-likeness (QED) is 0.695. The number of fused-ring (bicyclic) bond motifs is 1. The lowest BCUT2D eigenvalue weighted by Gasteiger charge is -2.15. The van der Waals surface area contributed by atoms with Crippen LogP contribution in [0.2, 0.25) is 0 Å². The van der Waals surface area contributed by atoms with Gasteiger partial charge in [0.25, 0.3) is 11.5 Å². The first kappa shape index (κ1) is 18.4. The molecule has 1 aromatic heterocycles. The number of anilines is 1. The zero-order valence-corrected chi connectivity index (χ0v) is 15.3. The van der Waals surface area contributed by atoms with Crippen molar-refractivity contribution in [2.75, 3.05) is 5.32 Å². The Hall–Kier alpha value is -3.41. The zero-order chi connectivity index (χ0) is 19.6. The minimum atomic E-state index is -1.02. The minimum absolute atomic E-state index is 0.00471. The predicted molar refractivity (Wildman–Crippen MR) is 104 cm³/mol. The third-order valence-electron chi connectivity index (χ3n) is 4.28. The third kappa shape index (κ3) is 4.06. The van der Waals surface area contributed by atoms with Crippen molar-refractivity contribution >= 4 is 28.3 Å². The molecule has 0 aliphatic rings. The van der Waals surface area contributed by atoms with E-state index in [0.29, 0.717) is 16.5 Å². The van der Waals surface area contributed by atoms with Crippen LogP contribution in [0.15, 0.2) is 53.3 Å². The van der Waals surface area contributed by atoms with Gasteiger partial charge >= 0.3 is 5.97 Å². The summed E-state index contributed by atoms with van der Waals surface area (Å²) in [5.74, 6) is -1.21. The zero-order valence-electron chi connectivity index (χ0n) is 15.3. The summed E-state index contributed by atoms with van der Waals surface area (Å²) in [7, 11) is 0. The van der Waals surface area contributed by atoms with Gasteiger partial charge in [0.2, 0.25) is 0 Å². The van der Waals surface area contributed by atoms with E-state index in [0.717, 1.165) is 11.1 Å². The van der Waals surface area contributed by atoms with E-state index in [-0.39, 0.29) is 11.3 Å². The van der Waals surface area contributed by atoms with Gasteiger partial charge in [-0.1, -0.05) is 30.3 Å². The van der Waals surface area contributed by atoms with Gasteiger partial charge in [-0.25, -0.2) is 4.79 Å². The first-order valence-electron chi connectivity index (χ1n) is 8.56. The van der Waals surface area contributed by atoms with Crippen molar-refractivity contribution in [3.05, 3.63) is 75.7 Å². The van der Waals surface area contributed by atoms with Crippen molar-refractivity contribution in [1.82, 2.24) is 4.98 Å². The number of amides is 1. The van der Waals surface area contributed by atoms with Gasteiger partial charge in [-0.05, 0) is 55.5 Å². The molecule has 1 amide bonds. The molecule has 6 heteroatoms. The molecular formula is C21H20N2O4. The Kier molecular flexibility index (Phi) is 5.07. The fraction of sp³-hybridized carbons (Fsp3) is 0.190. The van der Waals surface area contributed by atoms with E-state index in [2.05, 4.69) is 10.3 Å². The molecule has 0 saturated carbocycles. The molecule has 2 N–H and O–H groups in total. The number of carbonyl (C=O) groups is 2. The van der Waals surface area contributed by atoms with Crippen molar-refractivity contribution in [3.8, 4) is 0 Å². The summed E-state index contributed by atoms with van der Waals surface area (Å²) in [4.78, 5) is 39.3. The highest BCUT2D eigenvalue weighted by molar-refractivity contribution is 5.98. The minimum Gasteiger partial charge on any atom is -0.448 e. The second-order valence-electron chi connectivity index (χ2n) is 6.45. The van der Waals surface area contributed by atoms with Crippen LogP contribution in [-0.2, 0) is 9.53 Å². The molecule has 3 rings (SSSR count). The number of ether oxygens (including phenoxy) is 1. The van der Waals surface area contributed by atoms with Gasteiger partial charge in [-0.3, -0.25) is 9.59 Å². The topological polar surface area (TPSA) is 88.3 Å². The lowest BCUT2D eigenvalue weighted by atomic mass is 10.1. The van der Waals surface area contributed by atoms with Crippen LogP contribution in [0.25, 0.3) is 10.8 Å². The molecule has 0 unspecified atom stereocenters. The smallest absolute Gasteiger partial charge is 0.355 e. The Morgan fingerprint density at radius 2 is 1.81 bits per heavy atom. The van der Waals surface area contributed by atoms with Crippen LogP contribution in [0, 0.1) is 13.8 Å². The van der Waals surface area contributed by atoms with E-state index < -0.39 is 18.0 Å². The summed E-state index contributed by atoms with van der Waals surface area (Å²) in [5, 5.41) is 3.87. The number of carbonyl (C=O) groups excluding carboxylic acids is 2. The van der Waals surface area contributed by atoms with E-state index in [1.807, 2.05) is 32.0 Å². The Morgan fingerprint density at radius 3 is 2.59 bits per heavy atom. The third-order valence-corrected chi connectivity index (χ3v) is 4.28. The summed E-state index contributed by atoms with van der Waals surface area (Å²) in [6, 6.07) is 14.2. The summed E-state index contributed by atoms with van der Waals surface area (Å²) in [6.07, 6.45) is -1.02. The van der Waals surface area contributed by atoms with Crippen LogP contribution < -0.4 is 10.9 Å². The van der Waals surface area contributed by atoms with E-state index in [1.165, 1.54) is 13.0 Å². The van der Waals surface area contributed by atoms with Gasteiger partial charge < -0.3 is 15.0 Å². The van der Waals surface area contributed by atoms with Gasteiger partial charge in [-0.15, -0.1) is 0 Å². The lowest BCUT2D eigenvalue weighted by molar-refractivity contribution is -0.123. The maximum Gasteiger partial charge on any atom is 0.355 e. The highest BCUT2D eigenvalue weighted by atomic mass is 16.5. The number of nitrogens with one attached hydrogen (secondary N) is 2. The summed E-state index contributed by atoms with van der Waals surface area (Å²) in [5.41, 5.74) is 2.21. The van der Waals surface area contributed by atoms with E-state index in [1.54, 1.807) is 24.3 Å². The van der Waals surface area contributed by atoms with Gasteiger partial charge in [0.15, 0.2) is 6.10 Å². The molecule has 0 saturated heterocycles. The van der Waals surface area contributed by atoms with Crippen LogP contribution in [-0.4, -0.2) is 23.0 Å². The molecule has 1 atom stereocenters. The van der Waals surface area contributed by atoms with Gasteiger partial charge in [-0.2, -0.15) is 0 Å². The number of benzene rings is 2. The Labute approximate surface area is 156 Å². The van der Waals surface area contributed by atoms with Crippen molar-refractivity contribution in [2.24, 2.45) is 0 Å². The van der Waals surface area contributed by atoms with E-state index >= 15 is 0 Å². The molecule has 1 heterocycles. The molecule has 3 aromatic rings. The highest BCUT2D eigenvalue weighted by Crippen LogP contribution is 2.17. The standard InChI is InChI=1S/C21H20N2O4/c1-12-8-9-13(2)17(10-12)22-19(24)14(3)27-21(26)18-11-15-6-4-5-7-16(15)20(25)23-18/h4-11,14H,1-3H3,(H,22,24)(H,23,25)/t14-/m0/s1. The van der Waals surface area contributed by atoms with Crippen molar-refractivity contribution in [3.63, 3.8) is 0 Å². The van der Waals surface area contributed by atoms with Crippen LogP contribution in [0.4, 0.5) is 5.69 Å². The normalized spacial score (nSPS) is 11.8. The molecule has 27 heavy (non-hydrogen) atoms. The first-order valence-corrected chi connectivity index (χ1v) is 8.56. The fourth-order valence-electron chi connectivity index (χ4n) is 2.70. The number of rotatable bonds is 4. The maximum atomic E-state index is 12.4. The maximum absolute atomic E-state index is 12.4. The monoisotopic (exact) mass is 364 g/mol. The molecule has 0 spiro atoms. The average molecular weight is 364 g/mol. The molecule has 0 aliphatic heterocycles. The van der Waals surface area contributed by atoms with Crippen molar-refractivity contribution in [1.29, 1.82) is 0 Å². The number of aromatic nitrogens is 1. The molecule has 0 bridgehead atoms. The molecule has 6 nitrogen and oxygen atoms in total. The highest BCUT2D eigenvalue weighted by Gasteiger charge is 2.20. The van der Waals surface area contributed by atoms with E-state index in [9.17, 15) is 14.4 Å². The second-order valence-corrected chi connectivity index (χ2v) is 6.45. The first-order chi connectivity index (χ1) is 12.8.